The Morgan fingerprint density at radius 1 is 1.23 bits per heavy atom. The minimum Gasteiger partial charge on any atom is -0.465 e. The maximum Gasteiger partial charge on any atom is 0.340 e. The molecule has 1 aromatic heterocycles. The van der Waals surface area contributed by atoms with Gasteiger partial charge in [-0.2, -0.15) is 0 Å². The van der Waals surface area contributed by atoms with Gasteiger partial charge in [-0.1, -0.05) is 0 Å². The first kappa shape index (κ1) is 20.9. The van der Waals surface area contributed by atoms with Gasteiger partial charge in [-0.25, -0.2) is 9.78 Å². The molecule has 1 saturated heterocycles. The number of hydrogen-bond acceptors (Lipinski definition) is 10. The lowest BCUT2D eigenvalue weighted by molar-refractivity contribution is -0.393. The van der Waals surface area contributed by atoms with Crippen LogP contribution in [0.1, 0.15) is 15.9 Å². The van der Waals surface area contributed by atoms with E-state index in [1.54, 1.807) is 12.3 Å². The number of carbonyl (C=O) groups excluding carboxylic acids is 1. The van der Waals surface area contributed by atoms with Crippen LogP contribution in [0.25, 0.3) is 0 Å². The molecule has 1 aromatic carbocycles. The van der Waals surface area contributed by atoms with Gasteiger partial charge in [-0.15, -0.1) is 0 Å². The number of non-ortho nitro benzene ring substituents is 1. The number of ether oxygens (including phenoxy) is 2. The summed E-state index contributed by atoms with van der Waals surface area (Å²) in [5.74, 6) is -0.183. The Hall–Kier alpha value is -3.80. The number of hydrogen-bond donors (Lipinski definition) is 1. The minimum absolute atomic E-state index is 0.127. The molecule has 0 bridgehead atoms. The lowest BCUT2D eigenvalue weighted by atomic mass is 10.1. The highest BCUT2D eigenvalue weighted by molar-refractivity contribution is 5.99. The summed E-state index contributed by atoms with van der Waals surface area (Å²) in [6.07, 6.45) is 1.62. The van der Waals surface area contributed by atoms with Gasteiger partial charge in [-0.05, 0) is 17.7 Å². The zero-order valence-electron chi connectivity index (χ0n) is 16.1. The van der Waals surface area contributed by atoms with Gasteiger partial charge in [0.2, 0.25) is 0 Å². The van der Waals surface area contributed by atoms with Crippen molar-refractivity contribution in [2.24, 2.45) is 0 Å². The van der Waals surface area contributed by atoms with Gasteiger partial charge in [-0.3, -0.25) is 20.2 Å². The Kier molecular flexibility index (Phi) is 6.37. The highest BCUT2D eigenvalue weighted by atomic mass is 16.6. The van der Waals surface area contributed by atoms with Crippen molar-refractivity contribution in [3.63, 3.8) is 0 Å². The summed E-state index contributed by atoms with van der Waals surface area (Å²) >= 11 is 0. The summed E-state index contributed by atoms with van der Waals surface area (Å²) in [4.78, 5) is 39.5. The quantitative estimate of drug-likeness (QED) is 0.403. The van der Waals surface area contributed by atoms with Crippen molar-refractivity contribution >= 4 is 28.8 Å². The zero-order chi connectivity index (χ0) is 21.7. The zero-order valence-corrected chi connectivity index (χ0v) is 16.1. The molecule has 0 radical (unpaired) electrons. The summed E-state index contributed by atoms with van der Waals surface area (Å²) in [6, 6.07) is 5.31. The number of nitrogens with zero attached hydrogens (tertiary/aromatic N) is 4. The molecule has 12 heteroatoms. The number of aromatic nitrogens is 1. The molecule has 30 heavy (non-hydrogen) atoms. The molecule has 0 atom stereocenters. The van der Waals surface area contributed by atoms with Crippen LogP contribution >= 0.6 is 0 Å². The molecule has 0 unspecified atom stereocenters. The van der Waals surface area contributed by atoms with Crippen molar-refractivity contribution in [3.8, 4) is 0 Å². The van der Waals surface area contributed by atoms with Crippen molar-refractivity contribution in [1.82, 2.24) is 4.98 Å². The van der Waals surface area contributed by atoms with Gasteiger partial charge >= 0.3 is 5.97 Å². The van der Waals surface area contributed by atoms with Crippen LogP contribution in [0.5, 0.6) is 0 Å². The molecule has 0 aliphatic carbocycles. The van der Waals surface area contributed by atoms with Crippen LogP contribution in [0.2, 0.25) is 0 Å². The maximum absolute atomic E-state index is 12.1. The van der Waals surface area contributed by atoms with E-state index in [9.17, 15) is 25.0 Å². The van der Waals surface area contributed by atoms with E-state index in [2.05, 4.69) is 19.9 Å². The Morgan fingerprint density at radius 2 is 1.97 bits per heavy atom. The number of morpholine rings is 1. The second kappa shape index (κ2) is 9.13. The molecule has 1 N–H and O–H groups in total. The molecule has 12 nitrogen and oxygen atoms in total. The third-order valence-electron chi connectivity index (χ3n) is 4.53. The second-order valence-corrected chi connectivity index (χ2v) is 6.37. The molecule has 0 spiro atoms. The van der Waals surface area contributed by atoms with Crippen LogP contribution in [-0.4, -0.2) is 54.2 Å². The fourth-order valence-electron chi connectivity index (χ4n) is 3.04. The van der Waals surface area contributed by atoms with Crippen LogP contribution in [0.4, 0.5) is 22.9 Å². The Bertz CT molecular complexity index is 975. The monoisotopic (exact) mass is 417 g/mol. The molecular formula is C18H19N5O7. The molecule has 2 aromatic rings. The van der Waals surface area contributed by atoms with Crippen LogP contribution < -0.4 is 10.2 Å². The molecular weight excluding hydrogens is 398 g/mol. The van der Waals surface area contributed by atoms with Gasteiger partial charge in [0.15, 0.2) is 0 Å². The standard InChI is InChI=1S/C18H19N5O7/c1-29-18(24)14-9-13(22(25)26)10-15(23(27)28)17(14)20-11-12-2-3-19-16(8-12)21-4-6-30-7-5-21/h2-3,8-10,20H,4-7,11H2,1H3. The van der Waals surface area contributed by atoms with Gasteiger partial charge in [0.25, 0.3) is 11.4 Å². The topological polar surface area (TPSA) is 150 Å². The number of methoxy groups -OCH3 is 1. The van der Waals surface area contributed by atoms with Crippen LogP contribution in [0, 0.1) is 20.2 Å². The van der Waals surface area contributed by atoms with E-state index in [4.69, 9.17) is 4.74 Å². The Balaban J connectivity index is 1.91. The number of anilines is 2. The first-order valence-electron chi connectivity index (χ1n) is 8.97. The molecule has 3 rings (SSSR count). The fourth-order valence-corrected chi connectivity index (χ4v) is 3.04. The van der Waals surface area contributed by atoms with E-state index in [-0.39, 0.29) is 17.8 Å². The Morgan fingerprint density at radius 3 is 2.60 bits per heavy atom. The van der Waals surface area contributed by atoms with Crippen molar-refractivity contribution in [1.29, 1.82) is 0 Å². The van der Waals surface area contributed by atoms with Gasteiger partial charge in [0.1, 0.15) is 11.5 Å². The molecule has 0 amide bonds. The third-order valence-corrected chi connectivity index (χ3v) is 4.53. The molecule has 2 heterocycles. The van der Waals surface area contributed by atoms with Crippen molar-refractivity contribution < 1.29 is 24.1 Å². The first-order chi connectivity index (χ1) is 14.4. The smallest absolute Gasteiger partial charge is 0.340 e. The van der Waals surface area contributed by atoms with Gasteiger partial charge in [0.05, 0.1) is 41.8 Å². The number of nitro groups is 2. The third kappa shape index (κ3) is 4.60. The lowest BCUT2D eigenvalue weighted by Gasteiger charge is -2.28. The van der Waals surface area contributed by atoms with E-state index >= 15 is 0 Å². The maximum atomic E-state index is 12.1. The van der Waals surface area contributed by atoms with E-state index in [0.717, 1.165) is 30.6 Å². The predicted octanol–water partition coefficient (Wildman–Crippen LogP) is 2.13. The number of benzene rings is 1. The molecule has 1 aliphatic rings. The highest BCUT2D eigenvalue weighted by Gasteiger charge is 2.28. The number of pyridine rings is 1. The average molecular weight is 417 g/mol. The van der Waals surface area contributed by atoms with Crippen molar-refractivity contribution in [2.75, 3.05) is 43.6 Å². The van der Waals surface area contributed by atoms with Crippen LogP contribution in [-0.2, 0) is 16.0 Å². The van der Waals surface area contributed by atoms with Crippen molar-refractivity contribution in [2.45, 2.75) is 6.54 Å². The minimum atomic E-state index is -0.923. The fraction of sp³-hybridized carbons (Fsp3) is 0.333. The molecule has 0 saturated carbocycles. The molecule has 1 fully saturated rings. The van der Waals surface area contributed by atoms with Gasteiger partial charge < -0.3 is 19.7 Å². The summed E-state index contributed by atoms with van der Waals surface area (Å²) < 4.78 is 9.97. The average Bonchev–Trinajstić information content (AvgIpc) is 2.77. The number of esters is 1. The van der Waals surface area contributed by atoms with E-state index in [1.807, 2.05) is 6.07 Å². The largest absolute Gasteiger partial charge is 0.465 e. The number of rotatable bonds is 7. The summed E-state index contributed by atoms with van der Waals surface area (Å²) in [7, 11) is 1.09. The Labute approximate surface area is 170 Å². The lowest BCUT2D eigenvalue weighted by Crippen LogP contribution is -2.36. The summed E-state index contributed by atoms with van der Waals surface area (Å²) in [5, 5.41) is 25.5. The SMILES string of the molecule is COC(=O)c1cc([N+](=O)[O-])cc([N+](=O)[O-])c1NCc1ccnc(N2CCOCC2)c1. The number of nitro benzene ring substituents is 2. The second-order valence-electron chi connectivity index (χ2n) is 6.37. The van der Waals surface area contributed by atoms with E-state index in [1.165, 1.54) is 0 Å². The number of carbonyl (C=O) groups is 1. The molecule has 158 valence electrons. The van der Waals surface area contributed by atoms with Crippen LogP contribution in [0.15, 0.2) is 30.5 Å². The van der Waals surface area contributed by atoms with Gasteiger partial charge in [0, 0.05) is 31.9 Å². The van der Waals surface area contributed by atoms with Crippen molar-refractivity contribution in [3.05, 3.63) is 61.8 Å². The normalized spacial score (nSPS) is 13.6. The van der Waals surface area contributed by atoms with Crippen LogP contribution in [0.3, 0.4) is 0 Å². The first-order valence-corrected chi connectivity index (χ1v) is 8.97. The predicted molar refractivity (Wildman–Crippen MR) is 106 cm³/mol. The van der Waals surface area contributed by atoms with E-state index in [0.29, 0.717) is 26.3 Å². The molecule has 1 aliphatic heterocycles. The highest BCUT2D eigenvalue weighted by Crippen LogP contribution is 2.34. The number of nitrogens with one attached hydrogen (secondary N) is 1. The van der Waals surface area contributed by atoms with E-state index < -0.39 is 27.2 Å². The summed E-state index contributed by atoms with van der Waals surface area (Å²) in [6.45, 7) is 2.72. The summed E-state index contributed by atoms with van der Waals surface area (Å²) in [5.41, 5.74) is -0.851.